The van der Waals surface area contributed by atoms with Gasteiger partial charge in [-0.05, 0) is 18.6 Å². The smallest absolute Gasteiger partial charge is 0.416 e. The van der Waals surface area contributed by atoms with Gasteiger partial charge in [0.25, 0.3) is 0 Å². The number of alkyl halides is 3. The summed E-state index contributed by atoms with van der Waals surface area (Å²) in [6, 6.07) is 2.05. The lowest BCUT2D eigenvalue weighted by atomic mass is 10.2. The van der Waals surface area contributed by atoms with E-state index in [0.29, 0.717) is 22.9 Å². The van der Waals surface area contributed by atoms with Gasteiger partial charge in [-0.1, -0.05) is 6.92 Å². The van der Waals surface area contributed by atoms with Crippen LogP contribution in [-0.4, -0.2) is 44.0 Å². The molecule has 0 fully saturated rings. The van der Waals surface area contributed by atoms with Gasteiger partial charge in [0.15, 0.2) is 0 Å². The summed E-state index contributed by atoms with van der Waals surface area (Å²) < 4.78 is 68.8. The summed E-state index contributed by atoms with van der Waals surface area (Å²) in [5, 5.41) is 8.79. The summed E-state index contributed by atoms with van der Waals surface area (Å²) >= 11 is 0. The third kappa shape index (κ3) is 4.83. The van der Waals surface area contributed by atoms with Crippen LogP contribution in [0.15, 0.2) is 23.1 Å². The Morgan fingerprint density at radius 2 is 1.91 bits per heavy atom. The van der Waals surface area contributed by atoms with Gasteiger partial charge in [0.1, 0.15) is 12.3 Å². The van der Waals surface area contributed by atoms with Gasteiger partial charge >= 0.3 is 12.1 Å². The van der Waals surface area contributed by atoms with Crippen LogP contribution in [0, 0.1) is 0 Å². The number of aliphatic carboxylic acids is 1. The van der Waals surface area contributed by atoms with Crippen molar-refractivity contribution < 1.29 is 36.2 Å². The van der Waals surface area contributed by atoms with Crippen molar-refractivity contribution in [3.05, 3.63) is 23.8 Å². The highest BCUT2D eigenvalue weighted by atomic mass is 32.2. The van der Waals surface area contributed by atoms with Crippen molar-refractivity contribution >= 4 is 16.0 Å². The molecule has 6 nitrogen and oxygen atoms in total. The first-order chi connectivity index (χ1) is 10.5. The van der Waals surface area contributed by atoms with Crippen molar-refractivity contribution in [1.29, 1.82) is 0 Å². The molecule has 0 aliphatic carbocycles. The van der Waals surface area contributed by atoms with E-state index in [9.17, 15) is 26.4 Å². The largest absolute Gasteiger partial charge is 0.497 e. The Hall–Kier alpha value is -1.81. The minimum absolute atomic E-state index is 0.132. The number of ether oxygens (including phenoxy) is 1. The van der Waals surface area contributed by atoms with Crippen LogP contribution in [0.4, 0.5) is 13.2 Å². The van der Waals surface area contributed by atoms with E-state index < -0.39 is 39.2 Å². The molecular formula is C13H16F3NO5S. The van der Waals surface area contributed by atoms with Crippen LogP contribution in [0.1, 0.15) is 18.9 Å². The molecule has 0 amide bonds. The number of methoxy groups -OCH3 is 1. The molecule has 1 rings (SSSR count). The molecular weight excluding hydrogens is 339 g/mol. The number of benzene rings is 1. The Morgan fingerprint density at radius 1 is 1.30 bits per heavy atom. The van der Waals surface area contributed by atoms with Crippen molar-refractivity contribution in [1.82, 2.24) is 4.31 Å². The zero-order chi connectivity index (χ0) is 17.8. The number of rotatable bonds is 7. The highest BCUT2D eigenvalue weighted by Gasteiger charge is 2.34. The lowest BCUT2D eigenvalue weighted by Gasteiger charge is -2.20. The second kappa shape index (κ2) is 7.18. The summed E-state index contributed by atoms with van der Waals surface area (Å²) in [6.45, 7) is 0.652. The molecule has 0 heterocycles. The van der Waals surface area contributed by atoms with Crippen LogP contribution in [0.3, 0.4) is 0 Å². The number of hydrogen-bond donors (Lipinski definition) is 1. The number of carboxylic acid groups (broad SMARTS) is 1. The Balaban J connectivity index is 3.43. The Kier molecular flexibility index (Phi) is 6.00. The molecule has 0 aliphatic heterocycles. The lowest BCUT2D eigenvalue weighted by molar-refractivity contribution is -0.138. The maximum absolute atomic E-state index is 12.9. The lowest BCUT2D eigenvalue weighted by Crippen LogP contribution is -2.36. The number of halogens is 3. The zero-order valence-electron chi connectivity index (χ0n) is 12.4. The van der Waals surface area contributed by atoms with Gasteiger partial charge in [-0.3, -0.25) is 4.79 Å². The topological polar surface area (TPSA) is 83.9 Å². The SMILES string of the molecule is CCCN(CC(=O)O)S(=O)(=O)c1cc(OC)cc(C(F)(F)F)c1. The van der Waals surface area contributed by atoms with Gasteiger partial charge in [-0.2, -0.15) is 17.5 Å². The molecule has 23 heavy (non-hydrogen) atoms. The van der Waals surface area contributed by atoms with E-state index in [1.807, 2.05) is 0 Å². The van der Waals surface area contributed by atoms with Crippen molar-refractivity contribution in [2.24, 2.45) is 0 Å². The normalized spacial score (nSPS) is 12.4. The molecule has 0 saturated carbocycles. The summed E-state index contributed by atoms with van der Waals surface area (Å²) in [5.74, 6) is -1.69. The van der Waals surface area contributed by atoms with Gasteiger partial charge in [0, 0.05) is 12.6 Å². The molecule has 10 heteroatoms. The molecule has 1 N–H and O–H groups in total. The van der Waals surface area contributed by atoms with E-state index in [-0.39, 0.29) is 12.3 Å². The molecule has 0 aliphatic rings. The molecule has 1 aromatic carbocycles. The summed E-state index contributed by atoms with van der Waals surface area (Å²) in [6.07, 6.45) is -4.45. The first-order valence-electron chi connectivity index (χ1n) is 6.50. The zero-order valence-corrected chi connectivity index (χ0v) is 13.2. The molecule has 0 bridgehead atoms. The molecule has 0 atom stereocenters. The number of hydrogen-bond acceptors (Lipinski definition) is 4. The Labute approximate surface area is 131 Å². The molecule has 130 valence electrons. The number of sulfonamides is 1. The van der Waals surface area contributed by atoms with Gasteiger partial charge < -0.3 is 9.84 Å². The van der Waals surface area contributed by atoms with Crippen molar-refractivity contribution in [3.63, 3.8) is 0 Å². The van der Waals surface area contributed by atoms with Gasteiger partial charge in [0.2, 0.25) is 10.0 Å². The van der Waals surface area contributed by atoms with Gasteiger partial charge in [-0.25, -0.2) is 8.42 Å². The van der Waals surface area contributed by atoms with Gasteiger partial charge in [0.05, 0.1) is 17.6 Å². The predicted octanol–water partition coefficient (Wildman–Crippen LogP) is 2.20. The first-order valence-corrected chi connectivity index (χ1v) is 7.94. The summed E-state index contributed by atoms with van der Waals surface area (Å²) in [7, 11) is -3.30. The summed E-state index contributed by atoms with van der Waals surface area (Å²) in [4.78, 5) is 10.1. The average Bonchev–Trinajstić information content (AvgIpc) is 2.44. The van der Waals surface area contributed by atoms with E-state index in [2.05, 4.69) is 0 Å². The number of carbonyl (C=O) groups is 1. The van der Waals surface area contributed by atoms with Crippen LogP contribution in [0.5, 0.6) is 5.75 Å². The minimum Gasteiger partial charge on any atom is -0.497 e. The van der Waals surface area contributed by atoms with Crippen molar-refractivity contribution in [3.8, 4) is 5.75 Å². The number of nitrogens with zero attached hydrogens (tertiary/aromatic N) is 1. The van der Waals surface area contributed by atoms with Crippen molar-refractivity contribution in [2.45, 2.75) is 24.4 Å². The van der Waals surface area contributed by atoms with Crippen LogP contribution >= 0.6 is 0 Å². The van der Waals surface area contributed by atoms with Crippen LogP contribution in [-0.2, 0) is 21.0 Å². The fourth-order valence-electron chi connectivity index (χ4n) is 1.84. The third-order valence-corrected chi connectivity index (χ3v) is 4.69. The van der Waals surface area contributed by atoms with Crippen LogP contribution < -0.4 is 4.74 Å². The highest BCUT2D eigenvalue weighted by molar-refractivity contribution is 7.89. The second-order valence-corrected chi connectivity index (χ2v) is 6.57. The summed E-state index contributed by atoms with van der Waals surface area (Å²) in [5.41, 5.74) is -1.19. The maximum Gasteiger partial charge on any atom is 0.416 e. The monoisotopic (exact) mass is 355 g/mol. The van der Waals surface area contributed by atoms with Crippen LogP contribution in [0.25, 0.3) is 0 Å². The second-order valence-electron chi connectivity index (χ2n) is 4.63. The predicted molar refractivity (Wildman–Crippen MR) is 74.7 cm³/mol. The van der Waals surface area contributed by atoms with Crippen molar-refractivity contribution in [2.75, 3.05) is 20.2 Å². The Bertz CT molecular complexity index is 673. The third-order valence-electron chi connectivity index (χ3n) is 2.87. The fourth-order valence-corrected chi connectivity index (χ4v) is 3.38. The molecule has 0 spiro atoms. The number of carboxylic acids is 1. The Morgan fingerprint density at radius 3 is 2.35 bits per heavy atom. The van der Waals surface area contributed by atoms with Crippen LogP contribution in [0.2, 0.25) is 0 Å². The average molecular weight is 355 g/mol. The fraction of sp³-hybridized carbons (Fsp3) is 0.462. The molecule has 1 aromatic rings. The molecule has 0 unspecified atom stereocenters. The van der Waals surface area contributed by atoms with E-state index in [0.717, 1.165) is 13.2 Å². The molecule has 0 saturated heterocycles. The van der Waals surface area contributed by atoms with E-state index >= 15 is 0 Å². The first kappa shape index (κ1) is 19.2. The highest BCUT2D eigenvalue weighted by Crippen LogP contribution is 2.34. The molecule has 0 aromatic heterocycles. The van der Waals surface area contributed by atoms with E-state index in [1.165, 1.54) is 0 Å². The van der Waals surface area contributed by atoms with E-state index in [1.54, 1.807) is 6.92 Å². The quantitative estimate of drug-likeness (QED) is 0.811. The minimum atomic E-state index is -4.76. The van der Waals surface area contributed by atoms with E-state index in [4.69, 9.17) is 9.84 Å². The standard InChI is InChI=1S/C13H16F3NO5S/c1-3-4-17(8-12(18)19)23(20,21)11-6-9(13(14,15)16)5-10(7-11)22-2/h5-7H,3-4,8H2,1-2H3,(H,18,19). The molecule has 0 radical (unpaired) electrons. The van der Waals surface area contributed by atoms with Gasteiger partial charge in [-0.15, -0.1) is 0 Å². The maximum atomic E-state index is 12.9.